The van der Waals surface area contributed by atoms with E-state index >= 15 is 0 Å². The lowest BCUT2D eigenvalue weighted by Gasteiger charge is -2.16. The molecule has 1 rings (SSSR count). The quantitative estimate of drug-likeness (QED) is 0.616. The third-order valence-electron chi connectivity index (χ3n) is 2.92. The molecule has 2 N–H and O–H groups in total. The molecule has 0 fully saturated rings. The maximum absolute atomic E-state index is 11.7. The highest BCUT2D eigenvalue weighted by atomic mass is 32.2. The van der Waals surface area contributed by atoms with Gasteiger partial charge in [0.15, 0.2) is 5.69 Å². The van der Waals surface area contributed by atoms with Gasteiger partial charge in [-0.05, 0) is 38.7 Å². The van der Waals surface area contributed by atoms with E-state index in [0.29, 0.717) is 12.4 Å². The van der Waals surface area contributed by atoms with Crippen LogP contribution in [0.2, 0.25) is 0 Å². The average Bonchev–Trinajstić information content (AvgIpc) is 2.65. The van der Waals surface area contributed by atoms with Crippen LogP contribution >= 0.6 is 11.8 Å². The standard InChI is InChI=1S/C13H23N3O2S/c1-5-18-13(17)11-12(14)16(10(4)15-11)9(3)7-8-19-6-2/h9H,5-8,14H2,1-4H3. The number of anilines is 1. The maximum atomic E-state index is 11.7. The molecule has 1 aromatic rings. The molecule has 0 spiro atoms. The first-order valence-corrected chi connectivity index (χ1v) is 7.77. The molecule has 0 bridgehead atoms. The summed E-state index contributed by atoms with van der Waals surface area (Å²) in [6.07, 6.45) is 1.00. The number of carbonyl (C=O) groups is 1. The smallest absolute Gasteiger partial charge is 0.360 e. The number of aromatic nitrogens is 2. The maximum Gasteiger partial charge on any atom is 0.360 e. The zero-order chi connectivity index (χ0) is 14.4. The van der Waals surface area contributed by atoms with Crippen molar-refractivity contribution in [1.82, 2.24) is 9.55 Å². The number of hydrogen-bond acceptors (Lipinski definition) is 5. The van der Waals surface area contributed by atoms with E-state index in [1.807, 2.05) is 23.3 Å². The van der Waals surface area contributed by atoms with Crippen molar-refractivity contribution < 1.29 is 9.53 Å². The van der Waals surface area contributed by atoms with Crippen LogP contribution in [-0.4, -0.2) is 33.6 Å². The van der Waals surface area contributed by atoms with Gasteiger partial charge in [-0.25, -0.2) is 9.78 Å². The van der Waals surface area contributed by atoms with Gasteiger partial charge in [0.2, 0.25) is 0 Å². The van der Waals surface area contributed by atoms with Crippen LogP contribution < -0.4 is 5.73 Å². The molecule has 1 unspecified atom stereocenters. The van der Waals surface area contributed by atoms with Gasteiger partial charge in [-0.1, -0.05) is 6.92 Å². The number of hydrogen-bond donors (Lipinski definition) is 1. The van der Waals surface area contributed by atoms with Gasteiger partial charge in [0.05, 0.1) is 6.61 Å². The van der Waals surface area contributed by atoms with E-state index < -0.39 is 5.97 Å². The lowest BCUT2D eigenvalue weighted by Crippen LogP contribution is -2.13. The van der Waals surface area contributed by atoms with E-state index in [-0.39, 0.29) is 11.7 Å². The molecule has 1 heterocycles. The van der Waals surface area contributed by atoms with Crippen LogP contribution in [0.15, 0.2) is 0 Å². The summed E-state index contributed by atoms with van der Waals surface area (Å²) in [6, 6.07) is 0.231. The summed E-state index contributed by atoms with van der Waals surface area (Å²) >= 11 is 1.90. The van der Waals surface area contributed by atoms with Crippen molar-refractivity contribution in [2.24, 2.45) is 0 Å². The number of rotatable bonds is 7. The van der Waals surface area contributed by atoms with E-state index in [1.165, 1.54) is 0 Å². The largest absolute Gasteiger partial charge is 0.461 e. The number of nitrogens with zero attached hydrogens (tertiary/aromatic N) is 2. The number of imidazole rings is 1. The van der Waals surface area contributed by atoms with Crippen LogP contribution in [0.25, 0.3) is 0 Å². The number of esters is 1. The van der Waals surface area contributed by atoms with Crippen molar-refractivity contribution in [3.05, 3.63) is 11.5 Å². The van der Waals surface area contributed by atoms with Crippen molar-refractivity contribution in [1.29, 1.82) is 0 Å². The number of nitrogen functional groups attached to an aromatic ring is 1. The minimum Gasteiger partial charge on any atom is -0.461 e. The van der Waals surface area contributed by atoms with Gasteiger partial charge in [0, 0.05) is 6.04 Å². The predicted molar refractivity (Wildman–Crippen MR) is 79.7 cm³/mol. The predicted octanol–water partition coefficient (Wildman–Crippen LogP) is 2.65. The summed E-state index contributed by atoms with van der Waals surface area (Å²) in [5.41, 5.74) is 6.26. The summed E-state index contributed by atoms with van der Waals surface area (Å²) in [4.78, 5) is 16.0. The fraction of sp³-hybridized carbons (Fsp3) is 0.692. The first-order valence-electron chi connectivity index (χ1n) is 6.62. The molecule has 0 aliphatic carbocycles. The molecule has 19 heavy (non-hydrogen) atoms. The first kappa shape index (κ1) is 15.9. The van der Waals surface area contributed by atoms with E-state index in [1.54, 1.807) is 6.92 Å². The third kappa shape index (κ3) is 3.89. The van der Waals surface area contributed by atoms with E-state index in [4.69, 9.17) is 10.5 Å². The highest BCUT2D eigenvalue weighted by Gasteiger charge is 2.22. The summed E-state index contributed by atoms with van der Waals surface area (Å²) in [7, 11) is 0. The molecule has 0 aromatic carbocycles. The first-order chi connectivity index (χ1) is 9.02. The Labute approximate surface area is 118 Å². The Bertz CT molecular complexity index is 432. The topological polar surface area (TPSA) is 70.1 Å². The molecule has 0 saturated heterocycles. The molecule has 6 heteroatoms. The van der Waals surface area contributed by atoms with Gasteiger partial charge in [-0.3, -0.25) is 0 Å². The van der Waals surface area contributed by atoms with Gasteiger partial charge < -0.3 is 15.0 Å². The van der Waals surface area contributed by atoms with Crippen molar-refractivity contribution in [3.8, 4) is 0 Å². The number of thioether (sulfide) groups is 1. The second kappa shape index (κ2) is 7.43. The number of ether oxygens (including phenoxy) is 1. The molecule has 0 aliphatic rings. The van der Waals surface area contributed by atoms with Gasteiger partial charge >= 0.3 is 5.97 Å². The van der Waals surface area contributed by atoms with Crippen LogP contribution in [0, 0.1) is 6.92 Å². The van der Waals surface area contributed by atoms with Crippen LogP contribution in [0.3, 0.4) is 0 Å². The van der Waals surface area contributed by atoms with Crippen molar-refractivity contribution in [3.63, 3.8) is 0 Å². The lowest BCUT2D eigenvalue weighted by atomic mass is 10.2. The average molecular weight is 285 g/mol. The molecule has 108 valence electrons. The van der Waals surface area contributed by atoms with E-state index in [2.05, 4.69) is 18.8 Å². The van der Waals surface area contributed by atoms with Gasteiger partial charge in [0.25, 0.3) is 0 Å². The van der Waals surface area contributed by atoms with Gasteiger partial charge in [0.1, 0.15) is 11.6 Å². The normalized spacial score (nSPS) is 12.4. The Morgan fingerprint density at radius 1 is 1.53 bits per heavy atom. The number of nitrogens with two attached hydrogens (primary N) is 1. The fourth-order valence-electron chi connectivity index (χ4n) is 1.99. The zero-order valence-electron chi connectivity index (χ0n) is 12.1. The Morgan fingerprint density at radius 3 is 2.79 bits per heavy atom. The molecular weight excluding hydrogens is 262 g/mol. The van der Waals surface area contributed by atoms with Crippen LogP contribution in [-0.2, 0) is 4.74 Å². The van der Waals surface area contributed by atoms with Crippen molar-refractivity contribution in [2.75, 3.05) is 23.8 Å². The molecule has 1 aromatic heterocycles. The van der Waals surface area contributed by atoms with E-state index in [0.717, 1.165) is 23.8 Å². The molecule has 5 nitrogen and oxygen atoms in total. The summed E-state index contributed by atoms with van der Waals surface area (Å²) < 4.78 is 6.88. The molecule has 0 radical (unpaired) electrons. The highest BCUT2D eigenvalue weighted by molar-refractivity contribution is 7.99. The van der Waals surface area contributed by atoms with Crippen LogP contribution in [0.1, 0.15) is 49.5 Å². The molecule has 0 amide bonds. The van der Waals surface area contributed by atoms with Crippen molar-refractivity contribution >= 4 is 23.5 Å². The number of carbonyl (C=O) groups excluding carboxylic acids is 1. The van der Waals surface area contributed by atoms with E-state index in [9.17, 15) is 4.79 Å². The third-order valence-corrected chi connectivity index (χ3v) is 3.85. The SMILES string of the molecule is CCOC(=O)c1nc(C)n(C(C)CCSCC)c1N. The Morgan fingerprint density at radius 2 is 2.21 bits per heavy atom. The van der Waals surface area contributed by atoms with Crippen LogP contribution in [0.5, 0.6) is 0 Å². The fourth-order valence-corrected chi connectivity index (χ4v) is 2.79. The Kier molecular flexibility index (Phi) is 6.21. The summed E-state index contributed by atoms with van der Waals surface area (Å²) in [6.45, 7) is 8.19. The summed E-state index contributed by atoms with van der Waals surface area (Å²) in [5, 5.41) is 0. The number of aryl methyl sites for hydroxylation is 1. The molecule has 0 aliphatic heterocycles. The van der Waals surface area contributed by atoms with Gasteiger partial charge in [-0.15, -0.1) is 0 Å². The Hall–Kier alpha value is -1.17. The minimum atomic E-state index is -0.447. The van der Waals surface area contributed by atoms with Crippen LogP contribution in [0.4, 0.5) is 5.82 Å². The zero-order valence-corrected chi connectivity index (χ0v) is 12.9. The lowest BCUT2D eigenvalue weighted by molar-refractivity contribution is 0.0521. The van der Waals surface area contributed by atoms with Gasteiger partial charge in [-0.2, -0.15) is 11.8 Å². The molecule has 1 atom stereocenters. The van der Waals surface area contributed by atoms with Crippen molar-refractivity contribution in [2.45, 2.75) is 40.2 Å². The second-order valence-corrected chi connectivity index (χ2v) is 5.71. The molecule has 0 saturated carbocycles. The Balaban J connectivity index is 2.87. The highest BCUT2D eigenvalue weighted by Crippen LogP contribution is 2.24. The molecular formula is C13H23N3O2S. The second-order valence-electron chi connectivity index (χ2n) is 4.32. The summed E-state index contributed by atoms with van der Waals surface area (Å²) in [5.74, 6) is 2.90. The minimum absolute atomic E-state index is 0.231. The monoisotopic (exact) mass is 285 g/mol.